The van der Waals surface area contributed by atoms with Gasteiger partial charge in [-0.05, 0) is 38.9 Å². The summed E-state index contributed by atoms with van der Waals surface area (Å²) in [6.45, 7) is 8.08. The van der Waals surface area contributed by atoms with Crippen LogP contribution in [0.3, 0.4) is 0 Å². The van der Waals surface area contributed by atoms with E-state index in [2.05, 4.69) is 26.1 Å². The summed E-state index contributed by atoms with van der Waals surface area (Å²) in [5.41, 5.74) is -0.250. The second-order valence-corrected chi connectivity index (χ2v) is 4.88. The lowest BCUT2D eigenvalue weighted by atomic mass is 10.1. The van der Waals surface area contributed by atoms with Crippen molar-refractivity contribution >= 4 is 11.6 Å². The largest absolute Gasteiger partial charge is 0.485 e. The quantitative estimate of drug-likeness (QED) is 0.770. The molecule has 0 radical (unpaired) electrons. The Hall–Kier alpha value is -0.730. The summed E-state index contributed by atoms with van der Waals surface area (Å²) in [5, 5.41) is 4.01. The minimum absolute atomic E-state index is 0.250. The van der Waals surface area contributed by atoms with Crippen LogP contribution in [-0.2, 0) is 0 Å². The van der Waals surface area contributed by atoms with Crippen LogP contribution in [0.15, 0.2) is 24.3 Å². The molecule has 1 rings (SSSR count). The molecule has 0 aliphatic carbocycles. The second-order valence-electron chi connectivity index (χ2n) is 4.47. The smallest absolute Gasteiger partial charge is 0.138 e. The molecule has 0 heterocycles. The van der Waals surface area contributed by atoms with Crippen LogP contribution in [0.2, 0.25) is 5.02 Å². The summed E-state index contributed by atoms with van der Waals surface area (Å²) >= 11 is 6.05. The van der Waals surface area contributed by atoms with Gasteiger partial charge in [-0.2, -0.15) is 0 Å². The van der Waals surface area contributed by atoms with Gasteiger partial charge < -0.3 is 10.1 Å². The lowest BCUT2D eigenvalue weighted by molar-refractivity contribution is 0.108. The van der Waals surface area contributed by atoms with E-state index in [1.165, 1.54) is 0 Å². The van der Waals surface area contributed by atoms with Crippen LogP contribution in [0.1, 0.15) is 27.2 Å². The predicted octanol–water partition coefficient (Wildman–Crippen LogP) is 3.50. The van der Waals surface area contributed by atoms with Crippen molar-refractivity contribution in [1.82, 2.24) is 5.32 Å². The number of rotatable bonds is 6. The Kier molecular flexibility index (Phi) is 5.10. The van der Waals surface area contributed by atoms with E-state index in [0.29, 0.717) is 5.02 Å². The Labute approximate surface area is 103 Å². The lowest BCUT2D eigenvalue weighted by Gasteiger charge is -2.27. The Morgan fingerprint density at radius 1 is 1.31 bits per heavy atom. The maximum Gasteiger partial charge on any atom is 0.138 e. The molecule has 0 amide bonds. The first kappa shape index (κ1) is 13.3. The topological polar surface area (TPSA) is 21.3 Å². The van der Waals surface area contributed by atoms with Gasteiger partial charge in [0.2, 0.25) is 0 Å². The summed E-state index contributed by atoms with van der Waals surface area (Å²) in [5.74, 6) is 0.743. The molecule has 0 atom stereocenters. The Morgan fingerprint density at radius 2 is 2.00 bits per heavy atom. The summed E-state index contributed by atoms with van der Waals surface area (Å²) in [4.78, 5) is 0. The average molecular weight is 242 g/mol. The summed E-state index contributed by atoms with van der Waals surface area (Å²) in [6, 6.07) is 7.56. The number of para-hydroxylation sites is 1. The van der Waals surface area contributed by atoms with Gasteiger partial charge >= 0.3 is 0 Å². The Bertz CT molecular complexity index is 325. The zero-order chi connectivity index (χ0) is 12.0. The van der Waals surface area contributed by atoms with Crippen LogP contribution in [-0.4, -0.2) is 18.7 Å². The molecule has 0 saturated heterocycles. The fraction of sp³-hybridized carbons (Fsp3) is 0.538. The molecule has 0 aliphatic rings. The molecular formula is C13H20ClNO. The van der Waals surface area contributed by atoms with Crippen molar-refractivity contribution in [2.75, 3.05) is 13.1 Å². The SMILES string of the molecule is CCCNCC(C)(C)Oc1ccccc1Cl. The number of hydrogen-bond acceptors (Lipinski definition) is 2. The molecule has 0 aliphatic heterocycles. The van der Waals surface area contributed by atoms with Gasteiger partial charge in [0.25, 0.3) is 0 Å². The van der Waals surface area contributed by atoms with E-state index in [-0.39, 0.29) is 5.60 Å². The molecule has 0 saturated carbocycles. The fourth-order valence-electron chi connectivity index (χ4n) is 1.43. The van der Waals surface area contributed by atoms with Gasteiger partial charge in [0.15, 0.2) is 0 Å². The minimum Gasteiger partial charge on any atom is -0.485 e. The van der Waals surface area contributed by atoms with Gasteiger partial charge in [-0.3, -0.25) is 0 Å². The van der Waals surface area contributed by atoms with Crippen LogP contribution >= 0.6 is 11.6 Å². The zero-order valence-corrected chi connectivity index (χ0v) is 11.0. The van der Waals surface area contributed by atoms with Crippen LogP contribution in [0.25, 0.3) is 0 Å². The van der Waals surface area contributed by atoms with Crippen LogP contribution < -0.4 is 10.1 Å². The summed E-state index contributed by atoms with van der Waals surface area (Å²) in [6.07, 6.45) is 1.13. The molecule has 0 spiro atoms. The van der Waals surface area contributed by atoms with Crippen molar-refractivity contribution in [3.8, 4) is 5.75 Å². The van der Waals surface area contributed by atoms with Crippen LogP contribution in [0, 0.1) is 0 Å². The highest BCUT2D eigenvalue weighted by Gasteiger charge is 2.20. The lowest BCUT2D eigenvalue weighted by Crippen LogP contribution is -2.40. The molecular weight excluding hydrogens is 222 g/mol. The maximum atomic E-state index is 6.05. The van der Waals surface area contributed by atoms with Gasteiger partial charge in [-0.15, -0.1) is 0 Å². The van der Waals surface area contributed by atoms with E-state index < -0.39 is 0 Å². The highest BCUT2D eigenvalue weighted by Crippen LogP contribution is 2.26. The Balaban J connectivity index is 2.55. The van der Waals surface area contributed by atoms with Crippen molar-refractivity contribution in [3.63, 3.8) is 0 Å². The summed E-state index contributed by atoms with van der Waals surface area (Å²) in [7, 11) is 0. The molecule has 2 nitrogen and oxygen atoms in total. The van der Waals surface area contributed by atoms with Crippen LogP contribution in [0.5, 0.6) is 5.75 Å². The van der Waals surface area contributed by atoms with Crippen molar-refractivity contribution in [2.45, 2.75) is 32.8 Å². The van der Waals surface area contributed by atoms with Crippen molar-refractivity contribution < 1.29 is 4.74 Å². The fourth-order valence-corrected chi connectivity index (χ4v) is 1.60. The van der Waals surface area contributed by atoms with Gasteiger partial charge in [0.05, 0.1) is 5.02 Å². The maximum absolute atomic E-state index is 6.05. The van der Waals surface area contributed by atoms with Gasteiger partial charge in [-0.1, -0.05) is 30.7 Å². The molecule has 16 heavy (non-hydrogen) atoms. The monoisotopic (exact) mass is 241 g/mol. The molecule has 3 heteroatoms. The third kappa shape index (κ3) is 4.42. The molecule has 1 aromatic rings. The molecule has 0 unspecified atom stereocenters. The number of nitrogens with one attached hydrogen (secondary N) is 1. The van der Waals surface area contributed by atoms with Crippen molar-refractivity contribution in [3.05, 3.63) is 29.3 Å². The standard InChI is InChI=1S/C13H20ClNO/c1-4-9-15-10-13(2,3)16-12-8-6-5-7-11(12)14/h5-8,15H,4,9-10H2,1-3H3. The normalized spacial score (nSPS) is 11.5. The van der Waals surface area contributed by atoms with Crippen LogP contribution in [0.4, 0.5) is 0 Å². The van der Waals surface area contributed by atoms with E-state index in [1.807, 2.05) is 24.3 Å². The molecule has 0 aromatic heterocycles. The summed E-state index contributed by atoms with van der Waals surface area (Å²) < 4.78 is 5.88. The Morgan fingerprint density at radius 3 is 2.62 bits per heavy atom. The van der Waals surface area contributed by atoms with Gasteiger partial charge in [0, 0.05) is 6.54 Å². The number of hydrogen-bond donors (Lipinski definition) is 1. The molecule has 1 aromatic carbocycles. The third-order valence-corrected chi connectivity index (χ3v) is 2.51. The zero-order valence-electron chi connectivity index (χ0n) is 10.2. The van der Waals surface area contributed by atoms with E-state index in [4.69, 9.17) is 16.3 Å². The third-order valence-electron chi connectivity index (χ3n) is 2.20. The highest BCUT2D eigenvalue weighted by molar-refractivity contribution is 6.32. The van der Waals surface area contributed by atoms with E-state index in [0.717, 1.165) is 25.3 Å². The number of benzene rings is 1. The second kappa shape index (κ2) is 6.12. The predicted molar refractivity (Wildman–Crippen MR) is 69.3 cm³/mol. The van der Waals surface area contributed by atoms with E-state index >= 15 is 0 Å². The molecule has 1 N–H and O–H groups in total. The van der Waals surface area contributed by atoms with E-state index in [9.17, 15) is 0 Å². The van der Waals surface area contributed by atoms with Crippen molar-refractivity contribution in [1.29, 1.82) is 0 Å². The van der Waals surface area contributed by atoms with Gasteiger partial charge in [-0.25, -0.2) is 0 Å². The highest BCUT2D eigenvalue weighted by atomic mass is 35.5. The average Bonchev–Trinajstić information content (AvgIpc) is 2.21. The molecule has 0 fully saturated rings. The first-order valence-corrected chi connectivity index (χ1v) is 6.07. The first-order valence-electron chi connectivity index (χ1n) is 5.69. The molecule has 90 valence electrons. The van der Waals surface area contributed by atoms with Crippen molar-refractivity contribution in [2.24, 2.45) is 0 Å². The number of halogens is 1. The van der Waals surface area contributed by atoms with Gasteiger partial charge in [0.1, 0.15) is 11.4 Å². The number of ether oxygens (including phenoxy) is 1. The molecule has 0 bridgehead atoms. The van der Waals surface area contributed by atoms with E-state index in [1.54, 1.807) is 0 Å². The first-order chi connectivity index (χ1) is 7.55. The minimum atomic E-state index is -0.250.